The molecule has 0 spiro atoms. The topological polar surface area (TPSA) is 72.2 Å². The van der Waals surface area contributed by atoms with Gasteiger partial charge in [-0.3, -0.25) is 9.59 Å². The number of nitrogens with one attached hydrogen (secondary N) is 1. The summed E-state index contributed by atoms with van der Waals surface area (Å²) in [4.78, 5) is 23.3. The Morgan fingerprint density at radius 1 is 1.13 bits per heavy atom. The molecule has 0 heterocycles. The number of carbonyl (C=O) groups excluding carboxylic acids is 2. The lowest BCUT2D eigenvalue weighted by molar-refractivity contribution is -0.126. The van der Waals surface area contributed by atoms with Crippen molar-refractivity contribution in [1.29, 1.82) is 0 Å². The number of carbonyl (C=O) groups is 2. The molecule has 1 fully saturated rings. The third kappa shape index (κ3) is 5.38. The van der Waals surface area contributed by atoms with Gasteiger partial charge >= 0.3 is 0 Å². The van der Waals surface area contributed by atoms with E-state index in [2.05, 4.69) is 12.2 Å². The van der Waals surface area contributed by atoms with Crippen LogP contribution in [0.2, 0.25) is 0 Å². The van der Waals surface area contributed by atoms with Crippen LogP contribution in [0.25, 0.3) is 0 Å². The van der Waals surface area contributed by atoms with E-state index in [0.717, 1.165) is 24.3 Å². The molecule has 3 N–H and O–H groups in total. The van der Waals surface area contributed by atoms with Crippen LogP contribution in [-0.4, -0.2) is 11.8 Å². The van der Waals surface area contributed by atoms with Gasteiger partial charge in [0.15, 0.2) is 0 Å². The molecule has 0 radical (unpaired) electrons. The first-order valence-corrected chi connectivity index (χ1v) is 8.76. The average molecular weight is 316 g/mol. The quantitative estimate of drug-likeness (QED) is 0.809. The number of amides is 2. The minimum atomic E-state index is -0.430. The number of nitrogens with two attached hydrogens (primary N) is 1. The maximum atomic E-state index is 12.3. The highest BCUT2D eigenvalue weighted by Crippen LogP contribution is 2.31. The Hall–Kier alpha value is -1.84. The van der Waals surface area contributed by atoms with Gasteiger partial charge in [0.1, 0.15) is 0 Å². The van der Waals surface area contributed by atoms with E-state index in [0.29, 0.717) is 12.1 Å². The van der Waals surface area contributed by atoms with Gasteiger partial charge in [-0.1, -0.05) is 38.3 Å². The van der Waals surface area contributed by atoms with Crippen LogP contribution in [0.5, 0.6) is 0 Å². The Kier molecular flexibility index (Phi) is 6.63. The molecule has 1 aliphatic carbocycles. The molecule has 126 valence electrons. The molecule has 23 heavy (non-hydrogen) atoms. The van der Waals surface area contributed by atoms with Crippen LogP contribution < -0.4 is 11.1 Å². The lowest BCUT2D eigenvalue weighted by Crippen LogP contribution is -2.32. The van der Waals surface area contributed by atoms with Crippen LogP contribution in [0.3, 0.4) is 0 Å². The molecule has 2 rings (SSSR count). The highest BCUT2D eigenvalue weighted by molar-refractivity contribution is 5.92. The van der Waals surface area contributed by atoms with E-state index < -0.39 is 5.91 Å². The second-order valence-electron chi connectivity index (χ2n) is 6.64. The summed E-state index contributed by atoms with van der Waals surface area (Å²) in [5, 5.41) is 3.02. The first kappa shape index (κ1) is 17.5. The highest BCUT2D eigenvalue weighted by Gasteiger charge is 2.25. The monoisotopic (exact) mass is 316 g/mol. The Morgan fingerprint density at radius 3 is 2.35 bits per heavy atom. The molecule has 1 aromatic rings. The minimum Gasteiger partial charge on any atom is -0.366 e. The molecule has 0 aliphatic heterocycles. The van der Waals surface area contributed by atoms with Crippen LogP contribution in [-0.2, 0) is 11.3 Å². The van der Waals surface area contributed by atoms with Gasteiger partial charge in [-0.15, -0.1) is 0 Å². The van der Waals surface area contributed by atoms with Crippen LogP contribution in [0.4, 0.5) is 0 Å². The van der Waals surface area contributed by atoms with Gasteiger partial charge in [0.05, 0.1) is 0 Å². The van der Waals surface area contributed by atoms with Gasteiger partial charge in [0.2, 0.25) is 11.8 Å². The molecule has 4 nitrogen and oxygen atoms in total. The summed E-state index contributed by atoms with van der Waals surface area (Å²) in [5.74, 6) is 0.719. The summed E-state index contributed by atoms with van der Waals surface area (Å²) in [7, 11) is 0. The smallest absolute Gasteiger partial charge is 0.248 e. The lowest BCUT2D eigenvalue weighted by Gasteiger charge is -2.27. The zero-order valence-corrected chi connectivity index (χ0v) is 14.0. The van der Waals surface area contributed by atoms with Crippen LogP contribution in [0.1, 0.15) is 67.8 Å². The number of hydrogen-bond donors (Lipinski definition) is 2. The molecule has 0 saturated heterocycles. The molecule has 0 unspecified atom stereocenters. The molecule has 1 saturated carbocycles. The SMILES string of the molecule is CCCCC1CCC(C(=O)NCc2ccc(C(N)=O)cc2)CC1. The molecule has 0 aromatic heterocycles. The largest absolute Gasteiger partial charge is 0.366 e. The van der Waals surface area contributed by atoms with Crippen molar-refractivity contribution >= 4 is 11.8 Å². The van der Waals surface area contributed by atoms with Crippen molar-refractivity contribution in [1.82, 2.24) is 5.32 Å². The zero-order chi connectivity index (χ0) is 16.7. The Balaban J connectivity index is 1.74. The number of unbranched alkanes of at least 4 members (excludes halogenated alkanes) is 1. The summed E-state index contributed by atoms with van der Waals surface area (Å²) >= 11 is 0. The molecular weight excluding hydrogens is 288 g/mol. The second kappa shape index (κ2) is 8.70. The van der Waals surface area contributed by atoms with Gasteiger partial charge in [0.25, 0.3) is 0 Å². The third-order valence-corrected chi connectivity index (χ3v) is 4.89. The predicted octanol–water partition coefficient (Wildman–Crippen LogP) is 3.40. The fraction of sp³-hybridized carbons (Fsp3) is 0.579. The lowest BCUT2D eigenvalue weighted by atomic mass is 9.79. The molecular formula is C19H28N2O2. The van der Waals surface area contributed by atoms with Crippen LogP contribution >= 0.6 is 0 Å². The zero-order valence-electron chi connectivity index (χ0n) is 14.0. The van der Waals surface area contributed by atoms with Crippen molar-refractivity contribution in [3.8, 4) is 0 Å². The van der Waals surface area contributed by atoms with Crippen molar-refractivity contribution in [3.05, 3.63) is 35.4 Å². The summed E-state index contributed by atoms with van der Waals surface area (Å²) < 4.78 is 0. The maximum Gasteiger partial charge on any atom is 0.248 e. The molecule has 1 aliphatic rings. The van der Waals surface area contributed by atoms with Gasteiger partial charge in [0, 0.05) is 18.0 Å². The van der Waals surface area contributed by atoms with Crippen LogP contribution in [0.15, 0.2) is 24.3 Å². The maximum absolute atomic E-state index is 12.3. The molecule has 4 heteroatoms. The minimum absolute atomic E-state index is 0.165. The van der Waals surface area contributed by atoms with Gasteiger partial charge in [-0.2, -0.15) is 0 Å². The average Bonchev–Trinajstić information content (AvgIpc) is 2.58. The molecule has 0 atom stereocenters. The Bertz CT molecular complexity index is 517. The first-order chi connectivity index (χ1) is 11.1. The fourth-order valence-corrected chi connectivity index (χ4v) is 3.33. The number of primary amides is 1. The van der Waals surface area contributed by atoms with Crippen molar-refractivity contribution < 1.29 is 9.59 Å². The van der Waals surface area contributed by atoms with Gasteiger partial charge < -0.3 is 11.1 Å². The van der Waals surface area contributed by atoms with E-state index in [9.17, 15) is 9.59 Å². The molecule has 0 bridgehead atoms. The normalized spacial score (nSPS) is 20.9. The number of hydrogen-bond acceptors (Lipinski definition) is 2. The standard InChI is InChI=1S/C19H28N2O2/c1-2-3-4-14-5-11-17(12-6-14)19(23)21-13-15-7-9-16(10-8-15)18(20)22/h7-10,14,17H,2-6,11-13H2,1H3,(H2,20,22)(H,21,23). The van der Waals surface area contributed by atoms with Crippen molar-refractivity contribution in [3.63, 3.8) is 0 Å². The summed E-state index contributed by atoms with van der Waals surface area (Å²) in [6, 6.07) is 7.07. The van der Waals surface area contributed by atoms with E-state index >= 15 is 0 Å². The summed E-state index contributed by atoms with van der Waals surface area (Å²) in [5.41, 5.74) is 6.69. The highest BCUT2D eigenvalue weighted by atomic mass is 16.2. The number of rotatable bonds is 7. The van der Waals surface area contributed by atoms with E-state index in [4.69, 9.17) is 5.73 Å². The Morgan fingerprint density at radius 2 is 1.78 bits per heavy atom. The van der Waals surface area contributed by atoms with Crippen molar-refractivity contribution in [2.75, 3.05) is 0 Å². The first-order valence-electron chi connectivity index (χ1n) is 8.76. The number of benzene rings is 1. The second-order valence-corrected chi connectivity index (χ2v) is 6.64. The van der Waals surface area contributed by atoms with E-state index in [1.165, 1.54) is 32.1 Å². The van der Waals surface area contributed by atoms with E-state index in [-0.39, 0.29) is 11.8 Å². The fourth-order valence-electron chi connectivity index (χ4n) is 3.33. The van der Waals surface area contributed by atoms with Gasteiger partial charge in [-0.05, 0) is 49.3 Å². The van der Waals surface area contributed by atoms with Crippen molar-refractivity contribution in [2.24, 2.45) is 17.6 Å². The summed E-state index contributed by atoms with van der Waals surface area (Å²) in [6.07, 6.45) is 8.29. The molecule has 1 aromatic carbocycles. The Labute approximate surface area is 138 Å². The van der Waals surface area contributed by atoms with Crippen LogP contribution in [0, 0.1) is 11.8 Å². The van der Waals surface area contributed by atoms with E-state index in [1.807, 2.05) is 12.1 Å². The summed E-state index contributed by atoms with van der Waals surface area (Å²) in [6.45, 7) is 2.74. The molecule has 2 amide bonds. The van der Waals surface area contributed by atoms with Crippen molar-refractivity contribution in [2.45, 2.75) is 58.4 Å². The van der Waals surface area contributed by atoms with E-state index in [1.54, 1.807) is 12.1 Å². The van der Waals surface area contributed by atoms with Gasteiger partial charge in [-0.25, -0.2) is 0 Å². The predicted molar refractivity (Wildman–Crippen MR) is 91.8 cm³/mol. The third-order valence-electron chi connectivity index (χ3n) is 4.89.